The van der Waals surface area contributed by atoms with E-state index in [2.05, 4.69) is 142 Å². The Kier molecular flexibility index (Phi) is 66.7. The van der Waals surface area contributed by atoms with Gasteiger partial charge in [-0.2, -0.15) is 0 Å². The van der Waals surface area contributed by atoms with Crippen molar-refractivity contribution in [2.24, 2.45) is 0 Å². The van der Waals surface area contributed by atoms with E-state index in [1.807, 2.05) is 0 Å². The molecule has 0 saturated carbocycles. The van der Waals surface area contributed by atoms with Crippen molar-refractivity contribution in [3.05, 3.63) is 122 Å². The van der Waals surface area contributed by atoms with Crippen LogP contribution in [0.4, 0.5) is 0 Å². The maximum Gasteiger partial charge on any atom is 0.306 e. The van der Waals surface area contributed by atoms with Crippen molar-refractivity contribution in [1.82, 2.24) is 0 Å². The molecule has 0 aliphatic rings. The average Bonchev–Trinajstić information content (AvgIpc) is 3.49. The number of carbonyl (C=O) groups is 3. The monoisotopic (exact) mass is 1150 g/mol. The summed E-state index contributed by atoms with van der Waals surface area (Å²) in [6, 6.07) is 0. The molecule has 0 heterocycles. The summed E-state index contributed by atoms with van der Waals surface area (Å²) in [7, 11) is 0. The molecule has 1 atom stereocenters. The standard InChI is InChI=1S/C77H130O6/c1-4-7-10-13-16-19-22-25-27-29-31-33-35-37-38-40-41-43-45-47-49-52-55-58-61-64-67-70-76(79)82-73-74(72-81-75(78)69-66-63-60-57-54-51-24-21-18-15-12-9-6-3)83-77(80)71-68-65-62-59-56-53-50-48-46-44-42-39-36-34-32-30-28-26-23-20-17-14-11-8-5-2/h7,10,16,19,21,24-25,27,30-33,37-38,41,43,47,49,55,58,74H,4-6,8-9,11-15,17-18,20,22-23,26,28-29,34-36,39-40,42,44-46,48,50-54,56-57,59-73H2,1-3H3/b10-7-,19-16-,24-21-,27-25-,32-30-,33-31-,38-37-,43-41-,49-47-,58-55-. The molecule has 0 spiro atoms. The van der Waals surface area contributed by atoms with Gasteiger partial charge in [-0.15, -0.1) is 0 Å². The number of carbonyl (C=O) groups excluding carboxylic acids is 3. The molecule has 83 heavy (non-hydrogen) atoms. The van der Waals surface area contributed by atoms with Crippen LogP contribution in [0.5, 0.6) is 0 Å². The van der Waals surface area contributed by atoms with Crippen LogP contribution in [-0.2, 0) is 28.6 Å². The van der Waals surface area contributed by atoms with Crippen molar-refractivity contribution >= 4 is 17.9 Å². The Labute approximate surface area is 513 Å². The van der Waals surface area contributed by atoms with Crippen LogP contribution in [0.25, 0.3) is 0 Å². The zero-order valence-corrected chi connectivity index (χ0v) is 54.4. The van der Waals surface area contributed by atoms with Gasteiger partial charge in [0.1, 0.15) is 13.2 Å². The van der Waals surface area contributed by atoms with Gasteiger partial charge in [0.2, 0.25) is 0 Å². The predicted octanol–water partition coefficient (Wildman–Crippen LogP) is 24.3. The Morgan fingerprint density at radius 1 is 0.253 bits per heavy atom. The Bertz CT molecular complexity index is 1700. The van der Waals surface area contributed by atoms with Gasteiger partial charge < -0.3 is 14.2 Å². The molecule has 0 aliphatic carbocycles. The van der Waals surface area contributed by atoms with E-state index in [1.165, 1.54) is 167 Å². The van der Waals surface area contributed by atoms with Gasteiger partial charge in [0, 0.05) is 19.3 Å². The summed E-state index contributed by atoms with van der Waals surface area (Å²) in [5.41, 5.74) is 0. The van der Waals surface area contributed by atoms with Crippen LogP contribution in [-0.4, -0.2) is 37.2 Å². The second-order valence-corrected chi connectivity index (χ2v) is 23.1. The first-order valence-corrected chi connectivity index (χ1v) is 35.0. The Morgan fingerprint density at radius 2 is 0.470 bits per heavy atom. The van der Waals surface area contributed by atoms with E-state index in [4.69, 9.17) is 14.2 Å². The van der Waals surface area contributed by atoms with Crippen molar-refractivity contribution < 1.29 is 28.6 Å². The lowest BCUT2D eigenvalue weighted by Crippen LogP contribution is -2.30. The molecule has 0 N–H and O–H groups in total. The smallest absolute Gasteiger partial charge is 0.306 e. The third-order valence-corrected chi connectivity index (χ3v) is 14.9. The van der Waals surface area contributed by atoms with Crippen LogP contribution in [0, 0.1) is 0 Å². The summed E-state index contributed by atoms with van der Waals surface area (Å²) in [4.78, 5) is 38.4. The number of hydrogen-bond donors (Lipinski definition) is 0. The molecule has 0 aromatic heterocycles. The molecular weight excluding hydrogens is 1020 g/mol. The lowest BCUT2D eigenvalue weighted by Gasteiger charge is -2.18. The van der Waals surface area contributed by atoms with Crippen LogP contribution in [0.3, 0.4) is 0 Å². The molecule has 0 amide bonds. The second-order valence-electron chi connectivity index (χ2n) is 23.1. The third-order valence-electron chi connectivity index (χ3n) is 14.9. The van der Waals surface area contributed by atoms with Crippen LogP contribution < -0.4 is 0 Å². The van der Waals surface area contributed by atoms with E-state index >= 15 is 0 Å². The number of hydrogen-bond acceptors (Lipinski definition) is 6. The topological polar surface area (TPSA) is 78.9 Å². The molecule has 0 bridgehead atoms. The van der Waals surface area contributed by atoms with Gasteiger partial charge in [0.25, 0.3) is 0 Å². The molecule has 0 rings (SSSR count). The lowest BCUT2D eigenvalue weighted by molar-refractivity contribution is -0.167. The largest absolute Gasteiger partial charge is 0.462 e. The third kappa shape index (κ3) is 68.5. The van der Waals surface area contributed by atoms with Crippen molar-refractivity contribution in [3.63, 3.8) is 0 Å². The highest BCUT2D eigenvalue weighted by molar-refractivity contribution is 5.71. The molecule has 0 aromatic carbocycles. The Morgan fingerprint density at radius 3 is 0.783 bits per heavy atom. The molecule has 1 unspecified atom stereocenters. The van der Waals surface area contributed by atoms with Gasteiger partial charge in [0.05, 0.1) is 0 Å². The van der Waals surface area contributed by atoms with Crippen molar-refractivity contribution in [3.8, 4) is 0 Å². The van der Waals surface area contributed by atoms with Crippen LogP contribution in [0.15, 0.2) is 122 Å². The molecule has 0 fully saturated rings. The number of ether oxygens (including phenoxy) is 3. The van der Waals surface area contributed by atoms with Crippen LogP contribution >= 0.6 is 0 Å². The summed E-state index contributed by atoms with van der Waals surface area (Å²) >= 11 is 0. The maximum atomic E-state index is 13.0. The minimum atomic E-state index is -0.804. The fraction of sp³-hybridized carbons (Fsp3) is 0.701. The van der Waals surface area contributed by atoms with E-state index in [1.54, 1.807) is 0 Å². The van der Waals surface area contributed by atoms with Crippen LogP contribution in [0.1, 0.15) is 329 Å². The highest BCUT2D eigenvalue weighted by atomic mass is 16.6. The molecule has 0 aliphatic heterocycles. The highest BCUT2D eigenvalue weighted by Gasteiger charge is 2.19. The Hall–Kier alpha value is -4.19. The zero-order valence-electron chi connectivity index (χ0n) is 54.4. The summed E-state index contributed by atoms with van der Waals surface area (Å²) in [5, 5.41) is 0. The van der Waals surface area contributed by atoms with E-state index < -0.39 is 6.10 Å². The first-order valence-electron chi connectivity index (χ1n) is 35.0. The van der Waals surface area contributed by atoms with E-state index in [9.17, 15) is 14.4 Å². The minimum Gasteiger partial charge on any atom is -0.462 e. The van der Waals surface area contributed by atoms with Gasteiger partial charge in [-0.3, -0.25) is 14.4 Å². The van der Waals surface area contributed by atoms with Gasteiger partial charge in [0.15, 0.2) is 6.10 Å². The van der Waals surface area contributed by atoms with E-state index in [0.29, 0.717) is 19.3 Å². The summed E-state index contributed by atoms with van der Waals surface area (Å²) in [6.45, 7) is 6.50. The normalized spacial score (nSPS) is 12.9. The molecule has 0 aromatic rings. The number of allylic oxidation sites excluding steroid dienone is 20. The summed E-state index contributed by atoms with van der Waals surface area (Å²) in [6.07, 6.45) is 98.0. The van der Waals surface area contributed by atoms with Crippen molar-refractivity contribution in [2.75, 3.05) is 13.2 Å². The highest BCUT2D eigenvalue weighted by Crippen LogP contribution is 2.16. The fourth-order valence-electron chi connectivity index (χ4n) is 9.68. The van der Waals surface area contributed by atoms with Crippen LogP contribution in [0.2, 0.25) is 0 Å². The number of unbranched alkanes of at least 4 members (excludes halogenated alkanes) is 32. The van der Waals surface area contributed by atoms with Gasteiger partial charge in [-0.05, 0) is 135 Å². The molecular formula is C77H130O6. The van der Waals surface area contributed by atoms with Gasteiger partial charge in [-0.1, -0.05) is 296 Å². The fourth-order valence-corrected chi connectivity index (χ4v) is 9.68. The van der Waals surface area contributed by atoms with E-state index in [-0.39, 0.29) is 31.1 Å². The predicted molar refractivity (Wildman–Crippen MR) is 362 cm³/mol. The molecule has 6 heteroatoms. The van der Waals surface area contributed by atoms with Gasteiger partial charge in [-0.25, -0.2) is 0 Å². The first kappa shape index (κ1) is 78.8. The zero-order chi connectivity index (χ0) is 59.9. The molecule has 0 saturated heterocycles. The van der Waals surface area contributed by atoms with Crippen molar-refractivity contribution in [1.29, 1.82) is 0 Å². The maximum absolute atomic E-state index is 13.0. The lowest BCUT2D eigenvalue weighted by atomic mass is 10.0. The molecule has 0 radical (unpaired) electrons. The van der Waals surface area contributed by atoms with E-state index in [0.717, 1.165) is 122 Å². The van der Waals surface area contributed by atoms with Gasteiger partial charge >= 0.3 is 17.9 Å². The average molecular weight is 1150 g/mol. The van der Waals surface area contributed by atoms with Crippen molar-refractivity contribution in [2.45, 2.75) is 335 Å². The summed E-state index contributed by atoms with van der Waals surface area (Å²) in [5.74, 6) is -0.941. The number of esters is 3. The minimum absolute atomic E-state index is 0.0969. The Balaban J connectivity index is 4.39. The first-order chi connectivity index (χ1) is 41.0. The SMILES string of the molecule is CC/C=C\C/C=C\C/C=C\C/C=C\C/C=C\C/C=C\C/C=C\C/C=C\CCCCC(=O)OCC(COC(=O)CCCCCCC/C=C\CCCCCC)OC(=O)CCCCCCCCCCCCCCC/C=C\CCCCCCCCCC. The number of rotatable bonds is 63. The second kappa shape index (κ2) is 70.3. The molecule has 6 nitrogen and oxygen atoms in total. The summed E-state index contributed by atoms with van der Waals surface area (Å²) < 4.78 is 16.9. The quantitative estimate of drug-likeness (QED) is 0.0261. The molecule has 474 valence electrons.